The van der Waals surface area contributed by atoms with E-state index in [1.165, 1.54) is 16.4 Å². The Balaban J connectivity index is 1.48. The standard InChI is InChI=1S/C26H31FN4O3S/c1-17-15-18(2)24(19(3)16-17)35(33,34)31-12-9-21(10-13-31)26(32)29-23(25-28-11-14-30(25)4)20-5-7-22(27)8-6-20/h5-8,11,14-16,21,23H,9-10,12-13H2,1-4H3,(H,29,32)/t23-/m0/s1. The van der Waals surface area contributed by atoms with Crippen LogP contribution >= 0.6 is 0 Å². The van der Waals surface area contributed by atoms with E-state index in [0.29, 0.717) is 23.6 Å². The summed E-state index contributed by atoms with van der Waals surface area (Å²) in [5.74, 6) is -0.214. The number of sulfonamides is 1. The Bertz CT molecular complexity index is 1300. The van der Waals surface area contributed by atoms with Gasteiger partial charge in [-0.15, -0.1) is 0 Å². The first-order chi connectivity index (χ1) is 16.6. The third-order valence-electron chi connectivity index (χ3n) is 6.63. The zero-order chi connectivity index (χ0) is 25.3. The number of nitrogens with zero attached hydrogens (tertiary/aromatic N) is 3. The van der Waals surface area contributed by atoms with Crippen LogP contribution in [0.15, 0.2) is 53.7 Å². The van der Waals surface area contributed by atoms with E-state index < -0.39 is 16.1 Å². The van der Waals surface area contributed by atoms with Gasteiger partial charge in [0.15, 0.2) is 0 Å². The van der Waals surface area contributed by atoms with Crippen molar-refractivity contribution >= 4 is 15.9 Å². The molecule has 9 heteroatoms. The Morgan fingerprint density at radius 2 is 1.69 bits per heavy atom. The molecule has 1 aromatic heterocycles. The molecule has 4 rings (SSSR count). The van der Waals surface area contributed by atoms with E-state index in [-0.39, 0.29) is 30.7 Å². The van der Waals surface area contributed by atoms with Gasteiger partial charge < -0.3 is 9.88 Å². The molecule has 2 aromatic carbocycles. The Kier molecular flexibility index (Phi) is 7.10. The zero-order valence-corrected chi connectivity index (χ0v) is 21.3. The SMILES string of the molecule is Cc1cc(C)c(S(=O)(=O)N2CCC(C(=O)N[C@@H](c3ccc(F)cc3)c3nccn3C)CC2)c(C)c1. The maximum Gasteiger partial charge on any atom is 0.243 e. The molecule has 1 atom stereocenters. The van der Waals surface area contributed by atoms with Crippen LogP contribution in [-0.4, -0.2) is 41.3 Å². The van der Waals surface area contributed by atoms with Crippen molar-refractivity contribution in [3.05, 3.63) is 82.7 Å². The highest BCUT2D eigenvalue weighted by molar-refractivity contribution is 7.89. The molecule has 1 aliphatic heterocycles. The lowest BCUT2D eigenvalue weighted by Crippen LogP contribution is -2.44. The monoisotopic (exact) mass is 498 g/mol. The zero-order valence-electron chi connectivity index (χ0n) is 20.5. The summed E-state index contributed by atoms with van der Waals surface area (Å²) in [6.07, 6.45) is 4.28. The molecule has 1 amide bonds. The quantitative estimate of drug-likeness (QED) is 0.561. The molecule has 35 heavy (non-hydrogen) atoms. The Labute approximate surface area is 206 Å². The number of carbonyl (C=O) groups excluding carboxylic acids is 1. The number of amides is 1. The van der Waals surface area contributed by atoms with Crippen LogP contribution in [0.25, 0.3) is 0 Å². The molecule has 0 radical (unpaired) electrons. The molecule has 0 unspecified atom stereocenters. The van der Waals surface area contributed by atoms with Gasteiger partial charge in [-0.2, -0.15) is 4.31 Å². The van der Waals surface area contributed by atoms with Crippen molar-refractivity contribution in [3.63, 3.8) is 0 Å². The molecular formula is C26H31FN4O3S. The van der Waals surface area contributed by atoms with E-state index in [1.807, 2.05) is 44.5 Å². The largest absolute Gasteiger partial charge is 0.342 e. The highest BCUT2D eigenvalue weighted by atomic mass is 32.2. The fraction of sp³-hybridized carbons (Fsp3) is 0.385. The fourth-order valence-electron chi connectivity index (χ4n) is 4.93. The number of rotatable bonds is 6. The normalized spacial score (nSPS) is 16.3. The second-order valence-corrected chi connectivity index (χ2v) is 11.2. The van der Waals surface area contributed by atoms with E-state index in [1.54, 1.807) is 24.5 Å². The van der Waals surface area contributed by atoms with Gasteiger partial charge in [0.2, 0.25) is 15.9 Å². The number of hydrogen-bond acceptors (Lipinski definition) is 4. The molecule has 186 valence electrons. The number of piperidine rings is 1. The van der Waals surface area contributed by atoms with Crippen molar-refractivity contribution in [1.29, 1.82) is 0 Å². The van der Waals surface area contributed by atoms with Gasteiger partial charge in [-0.25, -0.2) is 17.8 Å². The lowest BCUT2D eigenvalue weighted by atomic mass is 9.96. The van der Waals surface area contributed by atoms with Gasteiger partial charge in [0.1, 0.15) is 17.7 Å². The molecule has 1 fully saturated rings. The van der Waals surface area contributed by atoms with Crippen molar-refractivity contribution in [1.82, 2.24) is 19.2 Å². The van der Waals surface area contributed by atoms with Crippen LogP contribution in [-0.2, 0) is 21.9 Å². The first kappa shape index (κ1) is 25.1. The van der Waals surface area contributed by atoms with Crippen molar-refractivity contribution in [2.45, 2.75) is 44.6 Å². The molecule has 2 heterocycles. The van der Waals surface area contributed by atoms with E-state index in [0.717, 1.165) is 22.3 Å². The molecule has 0 saturated carbocycles. The number of aromatic nitrogens is 2. The van der Waals surface area contributed by atoms with E-state index in [4.69, 9.17) is 0 Å². The number of carbonyl (C=O) groups is 1. The van der Waals surface area contributed by atoms with Crippen LogP contribution in [0.2, 0.25) is 0 Å². The van der Waals surface area contributed by atoms with Gasteiger partial charge in [0.05, 0.1) is 4.90 Å². The summed E-state index contributed by atoms with van der Waals surface area (Å²) in [5.41, 5.74) is 3.22. The lowest BCUT2D eigenvalue weighted by molar-refractivity contribution is -0.126. The van der Waals surface area contributed by atoms with Crippen LogP contribution in [0.3, 0.4) is 0 Å². The molecule has 7 nitrogen and oxygen atoms in total. The van der Waals surface area contributed by atoms with Crippen molar-refractivity contribution in [2.24, 2.45) is 13.0 Å². The molecule has 0 bridgehead atoms. The summed E-state index contributed by atoms with van der Waals surface area (Å²) in [7, 11) is -1.81. The first-order valence-electron chi connectivity index (χ1n) is 11.7. The molecule has 1 saturated heterocycles. The number of imidazole rings is 1. The van der Waals surface area contributed by atoms with Crippen LogP contribution in [0.1, 0.15) is 47.0 Å². The maximum absolute atomic E-state index is 13.5. The Morgan fingerprint density at radius 3 is 2.23 bits per heavy atom. The average Bonchev–Trinajstić information content (AvgIpc) is 3.22. The van der Waals surface area contributed by atoms with Gasteiger partial charge in [0.25, 0.3) is 0 Å². The number of benzene rings is 2. The van der Waals surface area contributed by atoms with Crippen LogP contribution in [0.5, 0.6) is 0 Å². The van der Waals surface area contributed by atoms with Crippen LogP contribution in [0.4, 0.5) is 4.39 Å². The summed E-state index contributed by atoms with van der Waals surface area (Å²) in [5, 5.41) is 3.06. The number of aryl methyl sites for hydroxylation is 4. The smallest absolute Gasteiger partial charge is 0.243 e. The summed E-state index contributed by atoms with van der Waals surface area (Å²) < 4.78 is 43.6. The van der Waals surface area contributed by atoms with Crippen LogP contribution in [0, 0.1) is 32.5 Å². The molecule has 3 aromatic rings. The Morgan fingerprint density at radius 1 is 1.09 bits per heavy atom. The van der Waals surface area contributed by atoms with Crippen molar-refractivity contribution in [3.8, 4) is 0 Å². The van der Waals surface area contributed by atoms with E-state index in [9.17, 15) is 17.6 Å². The first-order valence-corrected chi connectivity index (χ1v) is 13.1. The van der Waals surface area contributed by atoms with Gasteiger partial charge in [-0.05, 0) is 62.4 Å². The number of halogens is 1. The minimum absolute atomic E-state index is 0.165. The van der Waals surface area contributed by atoms with Crippen molar-refractivity contribution < 1.29 is 17.6 Å². The summed E-state index contributed by atoms with van der Waals surface area (Å²) in [6.45, 7) is 6.14. The molecule has 0 spiro atoms. The summed E-state index contributed by atoms with van der Waals surface area (Å²) in [6, 6.07) is 9.21. The second kappa shape index (κ2) is 9.91. The Hall–Kier alpha value is -3.04. The van der Waals surface area contributed by atoms with Gasteiger partial charge in [0, 0.05) is 38.4 Å². The molecule has 1 N–H and O–H groups in total. The van der Waals surface area contributed by atoms with Crippen molar-refractivity contribution in [2.75, 3.05) is 13.1 Å². The summed E-state index contributed by atoms with van der Waals surface area (Å²) in [4.78, 5) is 18.0. The third-order valence-corrected chi connectivity index (χ3v) is 8.84. The minimum atomic E-state index is -3.65. The predicted molar refractivity (Wildman–Crippen MR) is 132 cm³/mol. The maximum atomic E-state index is 13.5. The second-order valence-electron chi connectivity index (χ2n) is 9.30. The highest BCUT2D eigenvalue weighted by Crippen LogP contribution is 2.30. The van der Waals surface area contributed by atoms with Gasteiger partial charge in [-0.3, -0.25) is 4.79 Å². The highest BCUT2D eigenvalue weighted by Gasteiger charge is 2.34. The predicted octanol–water partition coefficient (Wildman–Crippen LogP) is 3.79. The van der Waals surface area contributed by atoms with Gasteiger partial charge in [-0.1, -0.05) is 29.8 Å². The fourth-order valence-corrected chi connectivity index (χ4v) is 6.81. The summed E-state index contributed by atoms with van der Waals surface area (Å²) >= 11 is 0. The lowest BCUT2D eigenvalue weighted by Gasteiger charge is -2.32. The molecular weight excluding hydrogens is 467 g/mol. The molecule has 0 aliphatic carbocycles. The van der Waals surface area contributed by atoms with Crippen LogP contribution < -0.4 is 5.32 Å². The number of hydrogen-bond donors (Lipinski definition) is 1. The topological polar surface area (TPSA) is 84.3 Å². The minimum Gasteiger partial charge on any atom is -0.342 e. The third kappa shape index (κ3) is 5.16. The average molecular weight is 499 g/mol. The molecule has 1 aliphatic rings. The van der Waals surface area contributed by atoms with E-state index >= 15 is 0 Å². The van der Waals surface area contributed by atoms with E-state index in [2.05, 4.69) is 10.3 Å². The van der Waals surface area contributed by atoms with Gasteiger partial charge >= 0.3 is 0 Å². The number of nitrogens with one attached hydrogen (secondary N) is 1.